The summed E-state index contributed by atoms with van der Waals surface area (Å²) in [6.07, 6.45) is 12.8. The molecule has 0 unspecified atom stereocenters. The molecule has 2 saturated carbocycles. The first kappa shape index (κ1) is 22.4. The van der Waals surface area contributed by atoms with Crippen molar-refractivity contribution in [1.29, 1.82) is 5.41 Å². The number of rotatable bonds is 8. The summed E-state index contributed by atoms with van der Waals surface area (Å²) in [6, 6.07) is 1.16. The number of pyridine rings is 1. The lowest BCUT2D eigenvalue weighted by atomic mass is 9.82. The van der Waals surface area contributed by atoms with E-state index in [-0.39, 0.29) is 35.4 Å². The topological polar surface area (TPSA) is 115 Å². The second-order valence-electron chi connectivity index (χ2n) is 9.43. The molecular weight excluding hydrogens is 406 g/mol. The smallest absolute Gasteiger partial charge is 0.243 e. The summed E-state index contributed by atoms with van der Waals surface area (Å²) in [6.45, 7) is 1.89. The zero-order valence-electron chi connectivity index (χ0n) is 18.8. The van der Waals surface area contributed by atoms with Crippen molar-refractivity contribution in [1.82, 2.24) is 15.2 Å². The number of ketones is 1. The molecule has 1 aliphatic heterocycles. The number of carbonyl (C=O) groups is 3. The fourth-order valence-corrected chi connectivity index (χ4v) is 5.31. The summed E-state index contributed by atoms with van der Waals surface area (Å²) in [5, 5.41) is 14.3. The lowest BCUT2D eigenvalue weighted by Crippen LogP contribution is -2.52. The Bertz CT molecular complexity index is 905. The molecule has 4 rings (SSSR count). The zero-order valence-corrected chi connectivity index (χ0v) is 18.8. The highest BCUT2D eigenvalue weighted by Gasteiger charge is 2.51. The second kappa shape index (κ2) is 9.38. The third kappa shape index (κ3) is 4.69. The van der Waals surface area contributed by atoms with Gasteiger partial charge in [-0.15, -0.1) is 0 Å². The fourth-order valence-electron chi connectivity index (χ4n) is 5.31. The van der Waals surface area contributed by atoms with Crippen molar-refractivity contribution in [3.8, 4) is 0 Å². The first-order valence-corrected chi connectivity index (χ1v) is 11.8. The molecular formula is C24H33N5O3. The van der Waals surface area contributed by atoms with Crippen LogP contribution in [0.25, 0.3) is 0 Å². The highest BCUT2D eigenvalue weighted by atomic mass is 16.2. The molecule has 2 aliphatic carbocycles. The molecule has 0 spiro atoms. The molecule has 2 amide bonds. The molecule has 1 saturated heterocycles. The van der Waals surface area contributed by atoms with Gasteiger partial charge in [-0.05, 0) is 50.5 Å². The van der Waals surface area contributed by atoms with Gasteiger partial charge in [0, 0.05) is 30.8 Å². The Hall–Kier alpha value is -2.77. The van der Waals surface area contributed by atoms with Crippen molar-refractivity contribution in [2.45, 2.75) is 76.3 Å². The molecule has 1 aromatic rings. The van der Waals surface area contributed by atoms with E-state index in [4.69, 9.17) is 5.41 Å². The summed E-state index contributed by atoms with van der Waals surface area (Å²) in [4.78, 5) is 43.4. The van der Waals surface area contributed by atoms with Crippen molar-refractivity contribution in [2.75, 3.05) is 18.4 Å². The number of likely N-dealkylation sites (tertiary alicyclic amines) is 1. The fraction of sp³-hybridized carbons (Fsp3) is 0.625. The van der Waals surface area contributed by atoms with Gasteiger partial charge in [-0.2, -0.15) is 0 Å². The van der Waals surface area contributed by atoms with E-state index >= 15 is 0 Å². The van der Waals surface area contributed by atoms with E-state index in [9.17, 15) is 14.4 Å². The molecule has 172 valence electrons. The Morgan fingerprint density at radius 1 is 1.16 bits per heavy atom. The summed E-state index contributed by atoms with van der Waals surface area (Å²) < 4.78 is 0. The Balaban J connectivity index is 1.37. The Morgan fingerprint density at radius 2 is 1.91 bits per heavy atom. The number of hydrogen-bond donors (Lipinski definition) is 3. The van der Waals surface area contributed by atoms with Crippen molar-refractivity contribution in [3.63, 3.8) is 0 Å². The number of carbonyl (C=O) groups excluding carboxylic acids is 3. The molecule has 3 fully saturated rings. The van der Waals surface area contributed by atoms with E-state index in [2.05, 4.69) is 15.6 Å². The van der Waals surface area contributed by atoms with E-state index in [0.29, 0.717) is 30.1 Å². The largest absolute Gasteiger partial charge is 0.374 e. The van der Waals surface area contributed by atoms with Crippen molar-refractivity contribution in [3.05, 3.63) is 24.0 Å². The molecule has 0 radical (unpaired) electrons. The van der Waals surface area contributed by atoms with Crippen LogP contribution in [0.1, 0.15) is 70.3 Å². The zero-order chi connectivity index (χ0) is 22.7. The molecule has 3 aliphatic rings. The van der Waals surface area contributed by atoms with Gasteiger partial charge in [0.15, 0.2) is 5.78 Å². The van der Waals surface area contributed by atoms with E-state index < -0.39 is 6.04 Å². The summed E-state index contributed by atoms with van der Waals surface area (Å²) >= 11 is 0. The normalized spacial score (nSPS) is 22.3. The molecule has 0 aromatic carbocycles. The highest BCUT2D eigenvalue weighted by molar-refractivity contribution is 6.45. The minimum absolute atomic E-state index is 0.0125. The van der Waals surface area contributed by atoms with Gasteiger partial charge in [0.25, 0.3) is 0 Å². The van der Waals surface area contributed by atoms with E-state index in [1.165, 1.54) is 51.4 Å². The lowest BCUT2D eigenvalue weighted by Gasteiger charge is -2.33. The van der Waals surface area contributed by atoms with E-state index in [1.54, 1.807) is 11.0 Å². The third-order valence-corrected chi connectivity index (χ3v) is 7.30. The average molecular weight is 440 g/mol. The standard InChI is InChI=1S/C24H33N5O3/c1-16(30)22(25)18-9-12-26-14-19(18)27-15-21(31)29-13-5-8-20(29)23(32)28-24(10-11-24)17-6-3-2-4-7-17/h9,12,14,17,20,25,27H,2-8,10-11,13,15H2,1H3,(H,28,32)/t20-/m0/s1. The van der Waals surface area contributed by atoms with Gasteiger partial charge in [0.05, 0.1) is 18.4 Å². The van der Waals surface area contributed by atoms with Crippen LogP contribution in [0.3, 0.4) is 0 Å². The molecule has 0 bridgehead atoms. The predicted octanol–water partition coefficient (Wildman–Crippen LogP) is 2.67. The second-order valence-corrected chi connectivity index (χ2v) is 9.43. The number of amides is 2. The van der Waals surface area contributed by atoms with Crippen molar-refractivity contribution >= 4 is 29.0 Å². The molecule has 1 atom stereocenters. The van der Waals surface area contributed by atoms with Crippen LogP contribution in [0.4, 0.5) is 5.69 Å². The molecule has 32 heavy (non-hydrogen) atoms. The Kier molecular flexibility index (Phi) is 6.58. The summed E-state index contributed by atoms with van der Waals surface area (Å²) in [5.41, 5.74) is 0.720. The van der Waals surface area contributed by atoms with Gasteiger partial charge in [0.1, 0.15) is 11.8 Å². The SMILES string of the molecule is CC(=O)C(=N)c1ccncc1NCC(=O)N1CCC[C@H]1C(=O)NC1(C2CCCCC2)CC1. The molecule has 1 aromatic heterocycles. The number of hydrogen-bond acceptors (Lipinski definition) is 6. The van der Waals surface area contributed by atoms with Crippen LogP contribution in [-0.2, 0) is 14.4 Å². The van der Waals surface area contributed by atoms with Gasteiger partial charge >= 0.3 is 0 Å². The van der Waals surface area contributed by atoms with Crippen molar-refractivity contribution < 1.29 is 14.4 Å². The monoisotopic (exact) mass is 439 g/mol. The van der Waals surface area contributed by atoms with Crippen LogP contribution in [-0.4, -0.2) is 57.9 Å². The minimum atomic E-state index is -0.422. The van der Waals surface area contributed by atoms with Crippen LogP contribution in [0.15, 0.2) is 18.5 Å². The molecule has 3 N–H and O–H groups in total. The quantitative estimate of drug-likeness (QED) is 0.539. The Labute approximate surface area is 189 Å². The van der Waals surface area contributed by atoms with Crippen molar-refractivity contribution in [2.24, 2.45) is 5.92 Å². The van der Waals surface area contributed by atoms with Gasteiger partial charge in [0.2, 0.25) is 11.8 Å². The van der Waals surface area contributed by atoms with Crippen LogP contribution in [0.5, 0.6) is 0 Å². The van der Waals surface area contributed by atoms with Crippen LogP contribution >= 0.6 is 0 Å². The molecule has 8 heteroatoms. The van der Waals surface area contributed by atoms with Gasteiger partial charge < -0.3 is 15.5 Å². The first-order chi connectivity index (χ1) is 15.4. The number of anilines is 1. The van der Waals surface area contributed by atoms with E-state index in [0.717, 1.165) is 19.3 Å². The number of nitrogens with one attached hydrogen (secondary N) is 3. The van der Waals surface area contributed by atoms with Crippen LogP contribution in [0.2, 0.25) is 0 Å². The van der Waals surface area contributed by atoms with Crippen LogP contribution < -0.4 is 10.6 Å². The van der Waals surface area contributed by atoms with Gasteiger partial charge in [-0.25, -0.2) is 0 Å². The van der Waals surface area contributed by atoms with E-state index in [1.807, 2.05) is 0 Å². The number of nitrogens with zero attached hydrogens (tertiary/aromatic N) is 2. The minimum Gasteiger partial charge on any atom is -0.374 e. The molecule has 8 nitrogen and oxygen atoms in total. The van der Waals surface area contributed by atoms with Crippen LogP contribution in [0, 0.1) is 11.3 Å². The number of Topliss-reactive ketones (excluding diaryl/α,β-unsaturated/α-hetero) is 1. The molecule has 2 heterocycles. The lowest BCUT2D eigenvalue weighted by molar-refractivity contribution is -0.137. The highest BCUT2D eigenvalue weighted by Crippen LogP contribution is 2.48. The Morgan fingerprint density at radius 3 is 2.59 bits per heavy atom. The maximum Gasteiger partial charge on any atom is 0.243 e. The summed E-state index contributed by atoms with van der Waals surface area (Å²) in [7, 11) is 0. The average Bonchev–Trinajstić information content (AvgIpc) is 3.41. The maximum absolute atomic E-state index is 13.2. The summed E-state index contributed by atoms with van der Waals surface area (Å²) in [5.74, 6) is 0.0514. The number of aromatic nitrogens is 1. The van der Waals surface area contributed by atoms with Gasteiger partial charge in [-0.1, -0.05) is 19.3 Å². The first-order valence-electron chi connectivity index (χ1n) is 11.8. The van der Waals surface area contributed by atoms with Gasteiger partial charge in [-0.3, -0.25) is 24.8 Å². The third-order valence-electron chi connectivity index (χ3n) is 7.30. The predicted molar refractivity (Wildman–Crippen MR) is 122 cm³/mol. The maximum atomic E-state index is 13.2.